The normalized spacial score (nSPS) is 21.0. The van der Waals surface area contributed by atoms with Gasteiger partial charge in [-0.3, -0.25) is 0 Å². The molecule has 0 bridgehead atoms. The van der Waals surface area contributed by atoms with Gasteiger partial charge in [-0.15, -0.1) is 0 Å². The van der Waals surface area contributed by atoms with Crippen molar-refractivity contribution in [1.29, 1.82) is 0 Å². The molecule has 1 saturated carbocycles. The first-order chi connectivity index (χ1) is 9.35. The monoisotopic (exact) mass is 380 g/mol. The Balaban J connectivity index is 0.00000220. The standard InChI is InChI=1S/C10H15.C7H12O2.2ClH.Ti/c1-7-6-10(4,5)9(3)8(7)2;8-7(9)6-4-2-1-3-5-6;;;/h1-5H3;6H,1-5H2,(H,8,9);2*1H;/q;;;;+3/p-3. The van der Waals surface area contributed by atoms with Gasteiger partial charge in [0.05, 0.1) is 0 Å². The van der Waals surface area contributed by atoms with Crippen molar-refractivity contribution in [2.75, 3.05) is 0 Å². The molecule has 0 atom stereocenters. The Kier molecular flexibility index (Phi) is 9.02. The predicted molar refractivity (Wildman–Crippen MR) is 77.5 cm³/mol. The van der Waals surface area contributed by atoms with Gasteiger partial charge in [-0.2, -0.15) is 0 Å². The van der Waals surface area contributed by atoms with E-state index in [2.05, 4.69) is 34.6 Å². The van der Waals surface area contributed by atoms with Gasteiger partial charge in [0.2, 0.25) is 0 Å². The molecule has 0 heterocycles. The van der Waals surface area contributed by atoms with E-state index >= 15 is 0 Å². The third-order valence-corrected chi connectivity index (χ3v) is 7.61. The number of carbonyl (C=O) groups is 1. The molecular formula is C17H26Cl2O2Ti. The van der Waals surface area contributed by atoms with Gasteiger partial charge in [0.1, 0.15) is 0 Å². The fourth-order valence-electron chi connectivity index (χ4n) is 3.32. The molecule has 0 aromatic rings. The quantitative estimate of drug-likeness (QED) is 0.573. The molecule has 2 aliphatic rings. The van der Waals surface area contributed by atoms with Crippen LogP contribution < -0.4 is 24.8 Å². The SMILES string of the molecule is CC1=C(C)C(C)(C)[C]([Ti+2][O]C(=O)C2CCCCC2)=C1C.[Cl-].[Cl-]. The molecule has 22 heavy (non-hydrogen) atoms. The van der Waals surface area contributed by atoms with E-state index in [1.807, 2.05) is 0 Å². The first-order valence-corrected chi connectivity index (χ1v) is 9.14. The molecule has 2 rings (SSSR count). The summed E-state index contributed by atoms with van der Waals surface area (Å²) >= 11 is -0.792. The van der Waals surface area contributed by atoms with Crippen LogP contribution in [-0.4, -0.2) is 5.97 Å². The van der Waals surface area contributed by atoms with E-state index in [1.54, 1.807) is 0 Å². The molecule has 0 aromatic heterocycles. The Morgan fingerprint density at radius 2 is 1.59 bits per heavy atom. The summed E-state index contributed by atoms with van der Waals surface area (Å²) in [5.41, 5.74) is 4.27. The van der Waals surface area contributed by atoms with E-state index in [1.165, 1.54) is 39.9 Å². The van der Waals surface area contributed by atoms with Gasteiger partial charge in [0.15, 0.2) is 0 Å². The first kappa shape index (κ1) is 22.2. The smallest absolute Gasteiger partial charge is 1.00 e. The van der Waals surface area contributed by atoms with Crippen molar-refractivity contribution in [2.24, 2.45) is 11.3 Å². The van der Waals surface area contributed by atoms with Crippen LogP contribution in [0.5, 0.6) is 0 Å². The molecule has 0 unspecified atom stereocenters. The van der Waals surface area contributed by atoms with Crippen molar-refractivity contribution >= 4 is 5.97 Å². The fraction of sp³-hybridized carbons (Fsp3) is 0.706. The van der Waals surface area contributed by atoms with Gasteiger partial charge in [0, 0.05) is 0 Å². The van der Waals surface area contributed by atoms with E-state index in [-0.39, 0.29) is 42.1 Å². The van der Waals surface area contributed by atoms with Crippen molar-refractivity contribution in [3.63, 3.8) is 0 Å². The van der Waals surface area contributed by atoms with E-state index < -0.39 is 19.5 Å². The zero-order valence-electron chi connectivity index (χ0n) is 14.2. The maximum absolute atomic E-state index is 12.2. The Bertz CT molecular complexity index is 475. The van der Waals surface area contributed by atoms with Crippen molar-refractivity contribution < 1.29 is 52.5 Å². The van der Waals surface area contributed by atoms with Crippen LogP contribution in [0.15, 0.2) is 20.6 Å². The van der Waals surface area contributed by atoms with E-state index in [9.17, 15) is 4.79 Å². The van der Waals surface area contributed by atoms with Gasteiger partial charge < -0.3 is 24.8 Å². The van der Waals surface area contributed by atoms with Crippen LogP contribution in [0.25, 0.3) is 0 Å². The van der Waals surface area contributed by atoms with E-state index in [4.69, 9.17) is 3.32 Å². The fourth-order valence-corrected chi connectivity index (χ4v) is 5.12. The maximum atomic E-state index is 12.2. The average molecular weight is 381 g/mol. The Morgan fingerprint density at radius 3 is 2.05 bits per heavy atom. The minimum atomic E-state index is -0.792. The van der Waals surface area contributed by atoms with Crippen LogP contribution in [0.1, 0.15) is 66.7 Å². The Labute approximate surface area is 156 Å². The van der Waals surface area contributed by atoms with Crippen LogP contribution in [0.2, 0.25) is 0 Å². The van der Waals surface area contributed by atoms with Crippen molar-refractivity contribution in [3.05, 3.63) is 20.6 Å². The molecular weight excluding hydrogens is 355 g/mol. The topological polar surface area (TPSA) is 26.3 Å². The molecule has 0 spiro atoms. The van der Waals surface area contributed by atoms with Gasteiger partial charge in [-0.1, -0.05) is 0 Å². The molecule has 0 aliphatic heterocycles. The molecule has 1 fully saturated rings. The van der Waals surface area contributed by atoms with Crippen molar-refractivity contribution in [3.8, 4) is 0 Å². The van der Waals surface area contributed by atoms with E-state index in [0.717, 1.165) is 12.8 Å². The summed E-state index contributed by atoms with van der Waals surface area (Å²) in [7, 11) is 0. The van der Waals surface area contributed by atoms with Gasteiger partial charge in [-0.25, -0.2) is 0 Å². The van der Waals surface area contributed by atoms with Crippen LogP contribution in [0, 0.1) is 11.3 Å². The molecule has 5 heteroatoms. The average Bonchev–Trinajstić information content (AvgIpc) is 2.59. The van der Waals surface area contributed by atoms with Crippen LogP contribution >= 0.6 is 0 Å². The molecule has 2 nitrogen and oxygen atoms in total. The summed E-state index contributed by atoms with van der Waals surface area (Å²) in [6, 6.07) is 0. The van der Waals surface area contributed by atoms with Crippen LogP contribution in [0.4, 0.5) is 0 Å². The molecule has 124 valence electrons. The zero-order chi connectivity index (χ0) is 14.9. The Hall–Kier alpha value is 0.244. The number of carbonyl (C=O) groups excluding carboxylic acids is 1. The minimum Gasteiger partial charge on any atom is -1.00 e. The van der Waals surface area contributed by atoms with Crippen molar-refractivity contribution in [1.82, 2.24) is 0 Å². The number of hydrogen-bond donors (Lipinski definition) is 0. The molecule has 0 amide bonds. The number of halogens is 2. The van der Waals surface area contributed by atoms with Crippen LogP contribution in [-0.2, 0) is 27.7 Å². The largest absolute Gasteiger partial charge is 1.00 e. The van der Waals surface area contributed by atoms with Gasteiger partial charge in [-0.05, 0) is 0 Å². The second kappa shape index (κ2) is 8.92. The second-order valence-electron chi connectivity index (χ2n) is 6.73. The summed E-state index contributed by atoms with van der Waals surface area (Å²) in [6.45, 7) is 11.1. The molecule has 2 aliphatic carbocycles. The Morgan fingerprint density at radius 1 is 1.05 bits per heavy atom. The summed E-state index contributed by atoms with van der Waals surface area (Å²) in [5.74, 6) is 0.246. The second-order valence-corrected chi connectivity index (χ2v) is 8.15. The van der Waals surface area contributed by atoms with Gasteiger partial charge >= 0.3 is 132 Å². The summed E-state index contributed by atoms with van der Waals surface area (Å²) in [5, 5.41) is 0. The third-order valence-electron chi connectivity index (χ3n) is 5.25. The first-order valence-electron chi connectivity index (χ1n) is 7.72. The van der Waals surface area contributed by atoms with Crippen LogP contribution in [0.3, 0.4) is 0 Å². The molecule has 0 aromatic carbocycles. The number of rotatable bonds is 3. The number of allylic oxidation sites excluding steroid dienone is 4. The number of hydrogen-bond acceptors (Lipinski definition) is 2. The summed E-state index contributed by atoms with van der Waals surface area (Å²) in [4.78, 5) is 12.2. The van der Waals surface area contributed by atoms with E-state index in [0.29, 0.717) is 0 Å². The third kappa shape index (κ3) is 4.41. The van der Waals surface area contributed by atoms with Crippen molar-refractivity contribution in [2.45, 2.75) is 66.7 Å². The molecule has 0 saturated heterocycles. The summed E-state index contributed by atoms with van der Waals surface area (Å²) in [6.07, 6.45) is 5.71. The molecule has 0 N–H and O–H groups in total. The van der Waals surface area contributed by atoms with Gasteiger partial charge in [0.25, 0.3) is 0 Å². The summed E-state index contributed by atoms with van der Waals surface area (Å²) < 4.78 is 7.17. The maximum Gasteiger partial charge on any atom is -1.00 e. The predicted octanol–water partition coefficient (Wildman–Crippen LogP) is -1.23. The zero-order valence-corrected chi connectivity index (χ0v) is 17.3. The molecule has 0 radical (unpaired) electrons. The minimum absolute atomic E-state index is 0.